The average molecular weight is 330 g/mol. The van der Waals surface area contributed by atoms with Gasteiger partial charge in [0.15, 0.2) is 0 Å². The monoisotopic (exact) mass is 330 g/mol. The van der Waals surface area contributed by atoms with Gasteiger partial charge in [0.05, 0.1) is 0 Å². The predicted molar refractivity (Wildman–Crippen MR) is 96.2 cm³/mol. The number of aryl methyl sites for hydroxylation is 1. The Labute approximate surface area is 145 Å². The van der Waals surface area contributed by atoms with Crippen molar-refractivity contribution in [1.82, 2.24) is 14.9 Å². The molecule has 5 heteroatoms. The molecule has 0 spiro atoms. The van der Waals surface area contributed by atoms with Crippen molar-refractivity contribution in [3.63, 3.8) is 0 Å². The van der Waals surface area contributed by atoms with Crippen molar-refractivity contribution in [2.24, 2.45) is 5.92 Å². The van der Waals surface area contributed by atoms with Crippen molar-refractivity contribution in [2.75, 3.05) is 31.1 Å². The lowest BCUT2D eigenvalue weighted by atomic mass is 9.88. The van der Waals surface area contributed by atoms with E-state index in [4.69, 9.17) is 4.98 Å². The van der Waals surface area contributed by atoms with Crippen molar-refractivity contribution in [2.45, 2.75) is 58.8 Å². The first kappa shape index (κ1) is 17.2. The van der Waals surface area contributed by atoms with Crippen LogP contribution >= 0.6 is 0 Å². The highest BCUT2D eigenvalue weighted by atomic mass is 16.2. The molecule has 5 nitrogen and oxygen atoms in total. The summed E-state index contributed by atoms with van der Waals surface area (Å²) in [6.45, 7) is 9.64. The van der Waals surface area contributed by atoms with Gasteiger partial charge in [-0.3, -0.25) is 4.79 Å². The topological polar surface area (TPSA) is 49.3 Å². The van der Waals surface area contributed by atoms with Crippen molar-refractivity contribution in [3.8, 4) is 0 Å². The van der Waals surface area contributed by atoms with E-state index in [2.05, 4.69) is 34.7 Å². The van der Waals surface area contributed by atoms with Crippen LogP contribution in [0.2, 0.25) is 0 Å². The number of anilines is 1. The molecule has 132 valence electrons. The van der Waals surface area contributed by atoms with E-state index >= 15 is 0 Å². The van der Waals surface area contributed by atoms with Gasteiger partial charge >= 0.3 is 0 Å². The van der Waals surface area contributed by atoms with Gasteiger partial charge < -0.3 is 9.80 Å². The quantitative estimate of drug-likeness (QED) is 0.854. The summed E-state index contributed by atoms with van der Waals surface area (Å²) in [4.78, 5) is 26.3. The van der Waals surface area contributed by atoms with Crippen LogP contribution < -0.4 is 4.90 Å². The van der Waals surface area contributed by atoms with Crippen LogP contribution in [0.25, 0.3) is 0 Å². The highest BCUT2D eigenvalue weighted by Gasteiger charge is 2.28. The summed E-state index contributed by atoms with van der Waals surface area (Å²) in [6.07, 6.45) is 5.90. The second kappa shape index (κ2) is 7.49. The summed E-state index contributed by atoms with van der Waals surface area (Å²) in [6, 6.07) is 2.06. The number of carbonyl (C=O) groups excluding carboxylic acids is 1. The molecule has 24 heavy (non-hydrogen) atoms. The minimum absolute atomic E-state index is 0.277. The molecular weight excluding hydrogens is 300 g/mol. The van der Waals surface area contributed by atoms with Crippen LogP contribution in [-0.2, 0) is 4.79 Å². The fraction of sp³-hybridized carbons (Fsp3) is 0.737. The van der Waals surface area contributed by atoms with E-state index in [-0.39, 0.29) is 5.92 Å². The molecule has 1 aliphatic carbocycles. The van der Waals surface area contributed by atoms with E-state index in [1.165, 1.54) is 19.3 Å². The molecule has 1 aromatic heterocycles. The van der Waals surface area contributed by atoms with Gasteiger partial charge in [-0.2, -0.15) is 0 Å². The third kappa shape index (κ3) is 3.87. The van der Waals surface area contributed by atoms with Gasteiger partial charge in [0.25, 0.3) is 0 Å². The zero-order chi connectivity index (χ0) is 17.1. The number of rotatable bonds is 3. The molecule has 0 bridgehead atoms. The van der Waals surface area contributed by atoms with Gasteiger partial charge in [-0.1, -0.05) is 33.1 Å². The number of nitrogens with zero attached hydrogens (tertiary/aromatic N) is 4. The van der Waals surface area contributed by atoms with Crippen molar-refractivity contribution < 1.29 is 4.79 Å². The fourth-order valence-corrected chi connectivity index (χ4v) is 3.76. The van der Waals surface area contributed by atoms with E-state index in [1.54, 1.807) is 0 Å². The number of hydrogen-bond acceptors (Lipinski definition) is 4. The molecule has 2 heterocycles. The van der Waals surface area contributed by atoms with Crippen molar-refractivity contribution in [1.29, 1.82) is 0 Å². The number of aromatic nitrogens is 2. The largest absolute Gasteiger partial charge is 0.353 e. The maximum absolute atomic E-state index is 12.7. The summed E-state index contributed by atoms with van der Waals surface area (Å²) >= 11 is 0. The van der Waals surface area contributed by atoms with Gasteiger partial charge in [0.2, 0.25) is 5.91 Å². The maximum Gasteiger partial charge on any atom is 0.225 e. The molecule has 0 N–H and O–H groups in total. The molecule has 2 aliphatic rings. The van der Waals surface area contributed by atoms with E-state index in [1.807, 2.05) is 6.92 Å². The van der Waals surface area contributed by atoms with Crippen LogP contribution in [0.1, 0.15) is 63.4 Å². The van der Waals surface area contributed by atoms with Gasteiger partial charge in [0, 0.05) is 49.8 Å². The Balaban J connectivity index is 1.61. The average Bonchev–Trinajstić information content (AvgIpc) is 2.61. The minimum atomic E-state index is 0.277. The minimum Gasteiger partial charge on any atom is -0.353 e. The Morgan fingerprint density at radius 3 is 2.38 bits per heavy atom. The normalized spacial score (nSPS) is 19.8. The predicted octanol–water partition coefficient (Wildman–Crippen LogP) is 3.14. The van der Waals surface area contributed by atoms with Crippen LogP contribution in [0.15, 0.2) is 6.07 Å². The lowest BCUT2D eigenvalue weighted by Gasteiger charge is -2.37. The van der Waals surface area contributed by atoms with Gasteiger partial charge in [0.1, 0.15) is 11.6 Å². The lowest BCUT2D eigenvalue weighted by Crippen LogP contribution is -2.50. The molecule has 1 aromatic rings. The van der Waals surface area contributed by atoms with E-state index in [9.17, 15) is 4.79 Å². The summed E-state index contributed by atoms with van der Waals surface area (Å²) in [5.74, 6) is 2.91. The zero-order valence-electron chi connectivity index (χ0n) is 15.3. The zero-order valence-corrected chi connectivity index (χ0v) is 15.3. The van der Waals surface area contributed by atoms with Crippen molar-refractivity contribution >= 4 is 11.7 Å². The molecule has 1 aliphatic heterocycles. The SMILES string of the molecule is Cc1cc(N2CCN(C(=O)C3CCCCC3)CC2)nc(C(C)C)n1. The Morgan fingerprint density at radius 1 is 1.08 bits per heavy atom. The third-order valence-electron chi connectivity index (χ3n) is 5.24. The van der Waals surface area contributed by atoms with E-state index in [0.717, 1.165) is 56.4 Å². The van der Waals surface area contributed by atoms with Crippen LogP contribution in [0.3, 0.4) is 0 Å². The van der Waals surface area contributed by atoms with E-state index in [0.29, 0.717) is 11.8 Å². The Kier molecular flexibility index (Phi) is 5.36. The Hall–Kier alpha value is -1.65. The second-order valence-corrected chi connectivity index (χ2v) is 7.53. The van der Waals surface area contributed by atoms with Crippen LogP contribution in [0, 0.1) is 12.8 Å². The van der Waals surface area contributed by atoms with Crippen LogP contribution in [-0.4, -0.2) is 47.0 Å². The van der Waals surface area contributed by atoms with Gasteiger partial charge in [-0.25, -0.2) is 9.97 Å². The molecule has 1 saturated carbocycles. The smallest absolute Gasteiger partial charge is 0.225 e. The first-order valence-corrected chi connectivity index (χ1v) is 9.44. The molecule has 0 aromatic carbocycles. The Morgan fingerprint density at radius 2 is 1.75 bits per heavy atom. The van der Waals surface area contributed by atoms with Crippen molar-refractivity contribution in [3.05, 3.63) is 17.6 Å². The molecule has 0 atom stereocenters. The Bertz CT molecular complexity index is 573. The van der Waals surface area contributed by atoms with E-state index < -0.39 is 0 Å². The standard InChI is InChI=1S/C19H30N4O/c1-14(2)18-20-15(3)13-17(21-18)22-9-11-23(12-10-22)19(24)16-7-5-4-6-8-16/h13-14,16H,4-12H2,1-3H3. The molecule has 1 amide bonds. The van der Waals surface area contributed by atoms with Crippen LogP contribution in [0.4, 0.5) is 5.82 Å². The molecule has 2 fully saturated rings. The highest BCUT2D eigenvalue weighted by Crippen LogP contribution is 2.26. The molecule has 0 radical (unpaired) electrons. The number of amides is 1. The highest BCUT2D eigenvalue weighted by molar-refractivity contribution is 5.79. The summed E-state index contributed by atoms with van der Waals surface area (Å²) < 4.78 is 0. The van der Waals surface area contributed by atoms with Crippen LogP contribution in [0.5, 0.6) is 0 Å². The number of carbonyl (C=O) groups is 1. The summed E-state index contributed by atoms with van der Waals surface area (Å²) in [7, 11) is 0. The molecule has 1 saturated heterocycles. The van der Waals surface area contributed by atoms with Gasteiger partial charge in [-0.15, -0.1) is 0 Å². The first-order chi connectivity index (χ1) is 11.5. The molecule has 0 unspecified atom stereocenters. The fourth-order valence-electron chi connectivity index (χ4n) is 3.76. The molecule has 3 rings (SSSR count). The second-order valence-electron chi connectivity index (χ2n) is 7.53. The van der Waals surface area contributed by atoms with Gasteiger partial charge in [-0.05, 0) is 19.8 Å². The third-order valence-corrected chi connectivity index (χ3v) is 5.24. The lowest BCUT2D eigenvalue weighted by molar-refractivity contribution is -0.136. The number of piperazine rings is 1. The number of hydrogen-bond donors (Lipinski definition) is 0. The molecular formula is C19H30N4O. The first-order valence-electron chi connectivity index (χ1n) is 9.44. The summed E-state index contributed by atoms with van der Waals surface area (Å²) in [5, 5.41) is 0. The summed E-state index contributed by atoms with van der Waals surface area (Å²) in [5.41, 5.74) is 1.02. The maximum atomic E-state index is 12.7.